The first-order valence-corrected chi connectivity index (χ1v) is 9.06. The van der Waals surface area contributed by atoms with Crippen LogP contribution < -0.4 is 11.0 Å². The SMILES string of the molecule is CC1(C)OB(c2cc3c(=O)n(-c4ccccc4F)ccc3cc2F)OC1(C)C. The summed E-state index contributed by atoms with van der Waals surface area (Å²) in [4.78, 5) is 13.0. The van der Waals surface area contributed by atoms with Crippen LogP contribution in [0.3, 0.4) is 0 Å². The van der Waals surface area contributed by atoms with Crippen LogP contribution in [0.5, 0.6) is 0 Å². The topological polar surface area (TPSA) is 40.5 Å². The molecule has 0 atom stereocenters. The second kappa shape index (κ2) is 6.25. The van der Waals surface area contributed by atoms with Crippen LogP contribution in [0.25, 0.3) is 16.5 Å². The average molecular weight is 383 g/mol. The molecule has 0 N–H and O–H groups in total. The summed E-state index contributed by atoms with van der Waals surface area (Å²) in [5.74, 6) is -1.04. The molecular formula is C21H20BF2NO3. The first-order chi connectivity index (χ1) is 13.1. The van der Waals surface area contributed by atoms with E-state index in [0.717, 1.165) is 0 Å². The number of aromatic nitrogens is 1. The molecule has 1 aliphatic heterocycles. The summed E-state index contributed by atoms with van der Waals surface area (Å²) in [6.07, 6.45) is 1.44. The number of hydrogen-bond donors (Lipinski definition) is 0. The molecule has 0 aliphatic carbocycles. The molecule has 0 saturated carbocycles. The molecule has 3 aromatic rings. The number of halogens is 2. The third-order valence-corrected chi connectivity index (χ3v) is 5.64. The van der Waals surface area contributed by atoms with Crippen LogP contribution in [-0.4, -0.2) is 22.9 Å². The Morgan fingerprint density at radius 1 is 0.929 bits per heavy atom. The van der Waals surface area contributed by atoms with Crippen molar-refractivity contribution in [2.45, 2.75) is 38.9 Å². The van der Waals surface area contributed by atoms with Crippen LogP contribution in [0.2, 0.25) is 0 Å². The third-order valence-electron chi connectivity index (χ3n) is 5.64. The normalized spacial score (nSPS) is 18.0. The molecule has 0 spiro atoms. The van der Waals surface area contributed by atoms with Gasteiger partial charge in [0, 0.05) is 17.0 Å². The fourth-order valence-corrected chi connectivity index (χ4v) is 3.27. The molecule has 4 nitrogen and oxygen atoms in total. The third kappa shape index (κ3) is 2.86. The Labute approximate surface area is 161 Å². The van der Waals surface area contributed by atoms with Crippen molar-refractivity contribution in [1.82, 2.24) is 4.57 Å². The maximum atomic E-state index is 14.8. The van der Waals surface area contributed by atoms with Gasteiger partial charge in [0.15, 0.2) is 0 Å². The number of nitrogens with zero attached hydrogens (tertiary/aromatic N) is 1. The maximum Gasteiger partial charge on any atom is 0.497 e. The second-order valence-electron chi connectivity index (χ2n) is 7.99. The highest BCUT2D eigenvalue weighted by Gasteiger charge is 2.52. The largest absolute Gasteiger partial charge is 0.497 e. The first-order valence-electron chi connectivity index (χ1n) is 9.06. The molecule has 144 valence electrons. The van der Waals surface area contributed by atoms with E-state index in [4.69, 9.17) is 9.31 Å². The summed E-state index contributed by atoms with van der Waals surface area (Å²) in [5, 5.41) is 0.687. The van der Waals surface area contributed by atoms with E-state index in [1.54, 1.807) is 18.2 Å². The van der Waals surface area contributed by atoms with Gasteiger partial charge in [-0.15, -0.1) is 0 Å². The Kier molecular flexibility index (Phi) is 4.21. The average Bonchev–Trinajstić information content (AvgIpc) is 2.83. The van der Waals surface area contributed by atoms with Crippen LogP contribution in [0, 0.1) is 11.6 Å². The number of rotatable bonds is 2. The van der Waals surface area contributed by atoms with Crippen molar-refractivity contribution in [2.75, 3.05) is 0 Å². The summed E-state index contributed by atoms with van der Waals surface area (Å²) >= 11 is 0. The van der Waals surface area contributed by atoms with Crippen molar-refractivity contribution in [3.05, 3.63) is 70.6 Å². The zero-order valence-electron chi connectivity index (χ0n) is 16.1. The van der Waals surface area contributed by atoms with Crippen molar-refractivity contribution in [2.24, 2.45) is 0 Å². The number of para-hydroxylation sites is 1. The number of fused-ring (bicyclic) bond motifs is 1. The standard InChI is InChI=1S/C21H20BF2NO3/c1-20(2)21(3,4)28-22(27-20)15-12-14-13(11-17(15)24)9-10-25(19(14)26)18-8-6-5-7-16(18)23/h5-12H,1-4H3. The van der Waals surface area contributed by atoms with E-state index in [0.29, 0.717) is 5.39 Å². The van der Waals surface area contributed by atoms with Gasteiger partial charge < -0.3 is 9.31 Å². The molecule has 28 heavy (non-hydrogen) atoms. The molecule has 0 unspecified atom stereocenters. The van der Waals surface area contributed by atoms with Crippen LogP contribution in [0.4, 0.5) is 8.78 Å². The quantitative estimate of drug-likeness (QED) is 0.636. The summed E-state index contributed by atoms with van der Waals surface area (Å²) in [5.41, 5.74) is -1.43. The van der Waals surface area contributed by atoms with E-state index in [2.05, 4.69) is 0 Å². The van der Waals surface area contributed by atoms with Gasteiger partial charge in [0.25, 0.3) is 5.56 Å². The minimum absolute atomic E-state index is 0.135. The minimum atomic E-state index is -0.934. The monoisotopic (exact) mass is 383 g/mol. The summed E-state index contributed by atoms with van der Waals surface area (Å²) < 4.78 is 42.0. The van der Waals surface area contributed by atoms with Gasteiger partial charge in [-0.25, -0.2) is 8.78 Å². The van der Waals surface area contributed by atoms with Crippen LogP contribution in [0.1, 0.15) is 27.7 Å². The Balaban J connectivity index is 1.87. The summed E-state index contributed by atoms with van der Waals surface area (Å²) in [6, 6.07) is 10.3. The lowest BCUT2D eigenvalue weighted by Gasteiger charge is -2.32. The van der Waals surface area contributed by atoms with E-state index in [1.165, 1.54) is 35.0 Å². The van der Waals surface area contributed by atoms with Gasteiger partial charge >= 0.3 is 7.12 Å². The lowest BCUT2D eigenvalue weighted by atomic mass is 9.78. The molecule has 1 fully saturated rings. The van der Waals surface area contributed by atoms with Gasteiger partial charge in [0.1, 0.15) is 11.6 Å². The Morgan fingerprint density at radius 3 is 2.21 bits per heavy atom. The molecule has 7 heteroatoms. The highest BCUT2D eigenvalue weighted by molar-refractivity contribution is 6.62. The van der Waals surface area contributed by atoms with Crippen molar-refractivity contribution >= 4 is 23.4 Å². The first kappa shape index (κ1) is 18.8. The number of hydrogen-bond acceptors (Lipinski definition) is 3. The fourth-order valence-electron chi connectivity index (χ4n) is 3.27. The molecule has 2 aromatic carbocycles. The zero-order chi connectivity index (χ0) is 20.3. The lowest BCUT2D eigenvalue weighted by Crippen LogP contribution is -2.41. The minimum Gasteiger partial charge on any atom is -0.399 e. The summed E-state index contributed by atoms with van der Waals surface area (Å²) in [7, 11) is -0.934. The van der Waals surface area contributed by atoms with Crippen LogP contribution in [-0.2, 0) is 9.31 Å². The predicted molar refractivity (Wildman–Crippen MR) is 105 cm³/mol. The van der Waals surface area contributed by atoms with E-state index < -0.39 is 35.5 Å². The Hall–Kier alpha value is -2.51. The van der Waals surface area contributed by atoms with Crippen LogP contribution >= 0.6 is 0 Å². The Bertz CT molecular complexity index is 1120. The molecule has 4 rings (SSSR count). The highest BCUT2D eigenvalue weighted by atomic mass is 19.1. The van der Waals surface area contributed by atoms with Crippen molar-refractivity contribution < 1.29 is 18.1 Å². The fraction of sp³-hybridized carbons (Fsp3) is 0.286. The van der Waals surface area contributed by atoms with Gasteiger partial charge in [-0.3, -0.25) is 9.36 Å². The van der Waals surface area contributed by atoms with Gasteiger partial charge in [0.2, 0.25) is 0 Å². The second-order valence-corrected chi connectivity index (χ2v) is 7.99. The van der Waals surface area contributed by atoms with E-state index in [9.17, 15) is 13.6 Å². The van der Waals surface area contributed by atoms with Crippen molar-refractivity contribution in [1.29, 1.82) is 0 Å². The van der Waals surface area contributed by atoms with Gasteiger partial charge in [-0.1, -0.05) is 12.1 Å². The highest BCUT2D eigenvalue weighted by Crippen LogP contribution is 2.36. The van der Waals surface area contributed by atoms with Crippen molar-refractivity contribution in [3.8, 4) is 5.69 Å². The molecule has 1 aromatic heterocycles. The maximum absolute atomic E-state index is 14.8. The van der Waals surface area contributed by atoms with E-state index >= 15 is 0 Å². The zero-order valence-corrected chi connectivity index (χ0v) is 16.1. The van der Waals surface area contributed by atoms with E-state index in [1.807, 2.05) is 27.7 Å². The summed E-state index contributed by atoms with van der Waals surface area (Å²) in [6.45, 7) is 7.49. The van der Waals surface area contributed by atoms with Crippen LogP contribution in [0.15, 0.2) is 53.5 Å². The number of benzene rings is 2. The predicted octanol–water partition coefficient (Wildman–Crippen LogP) is 3.57. The molecule has 0 amide bonds. The van der Waals surface area contributed by atoms with Gasteiger partial charge in [-0.05, 0) is 63.4 Å². The Morgan fingerprint density at radius 2 is 1.57 bits per heavy atom. The molecule has 2 heterocycles. The van der Waals surface area contributed by atoms with Crippen molar-refractivity contribution in [3.63, 3.8) is 0 Å². The number of pyridine rings is 1. The molecule has 1 saturated heterocycles. The lowest BCUT2D eigenvalue weighted by molar-refractivity contribution is 0.00578. The molecule has 0 bridgehead atoms. The molecule has 1 aliphatic rings. The van der Waals surface area contributed by atoms with Gasteiger partial charge in [0.05, 0.1) is 16.9 Å². The van der Waals surface area contributed by atoms with E-state index in [-0.39, 0.29) is 16.5 Å². The van der Waals surface area contributed by atoms with Gasteiger partial charge in [-0.2, -0.15) is 0 Å². The molecule has 0 radical (unpaired) electrons. The smallest absolute Gasteiger partial charge is 0.399 e. The molecular weight excluding hydrogens is 363 g/mol.